The molecule has 3 aromatic heterocycles. The molecule has 0 radical (unpaired) electrons. The molecule has 0 amide bonds. The van der Waals surface area contributed by atoms with Crippen LogP contribution in [0.4, 0.5) is 5.82 Å². The van der Waals surface area contributed by atoms with Crippen LogP contribution in [-0.4, -0.2) is 44.4 Å². The molecule has 11 heteroatoms. The van der Waals surface area contributed by atoms with Crippen molar-refractivity contribution in [1.29, 1.82) is 0 Å². The molecule has 3 N–H and O–H groups in total. The molecule has 0 saturated carbocycles. The SMILES string of the molecule is CCNCCn1c(Sc2cc3c(cc2-c2ncco2)OCO3)nc2c(N)ncnc21. The molecular formula is C19H19N7O3S. The number of nitrogen functional groups attached to an aromatic ring is 1. The average molecular weight is 425 g/mol. The van der Waals surface area contributed by atoms with Crippen molar-refractivity contribution in [2.24, 2.45) is 0 Å². The molecule has 1 aliphatic heterocycles. The van der Waals surface area contributed by atoms with Gasteiger partial charge in [-0.2, -0.15) is 0 Å². The molecular weight excluding hydrogens is 406 g/mol. The Morgan fingerprint density at radius 1 is 1.20 bits per heavy atom. The maximum Gasteiger partial charge on any atom is 0.231 e. The fourth-order valence-corrected chi connectivity index (χ4v) is 4.25. The molecule has 0 aliphatic carbocycles. The molecule has 1 aliphatic rings. The molecule has 0 saturated heterocycles. The van der Waals surface area contributed by atoms with E-state index in [0.717, 1.165) is 28.7 Å². The number of anilines is 1. The van der Waals surface area contributed by atoms with Crippen molar-refractivity contribution in [2.75, 3.05) is 25.6 Å². The van der Waals surface area contributed by atoms with E-state index in [-0.39, 0.29) is 6.79 Å². The topological polar surface area (TPSA) is 126 Å². The quantitative estimate of drug-likeness (QED) is 0.427. The van der Waals surface area contributed by atoms with E-state index in [4.69, 9.17) is 24.6 Å². The fraction of sp³-hybridized carbons (Fsp3) is 0.263. The van der Waals surface area contributed by atoms with Gasteiger partial charge in [0.05, 0.1) is 11.8 Å². The number of likely N-dealkylation sites (N-methyl/N-ethyl adjacent to an activating group) is 1. The van der Waals surface area contributed by atoms with E-state index < -0.39 is 0 Å². The predicted octanol–water partition coefficient (Wildman–Crippen LogP) is 2.55. The molecule has 1 aromatic carbocycles. The number of imidazole rings is 1. The summed E-state index contributed by atoms with van der Waals surface area (Å²) in [4.78, 5) is 18.4. The highest BCUT2D eigenvalue weighted by atomic mass is 32.2. The number of nitrogens with one attached hydrogen (secondary N) is 1. The van der Waals surface area contributed by atoms with Crippen LogP contribution in [0.5, 0.6) is 11.5 Å². The largest absolute Gasteiger partial charge is 0.454 e. The van der Waals surface area contributed by atoms with Gasteiger partial charge in [-0.3, -0.25) is 0 Å². The number of fused-ring (bicyclic) bond motifs is 2. The van der Waals surface area contributed by atoms with Gasteiger partial charge in [0.15, 0.2) is 33.6 Å². The molecule has 0 atom stereocenters. The number of rotatable bonds is 7. The Labute approximate surface area is 175 Å². The first-order valence-corrected chi connectivity index (χ1v) is 10.2. The lowest BCUT2D eigenvalue weighted by Crippen LogP contribution is -2.19. The van der Waals surface area contributed by atoms with Crippen molar-refractivity contribution >= 4 is 28.7 Å². The van der Waals surface area contributed by atoms with Crippen LogP contribution in [0.3, 0.4) is 0 Å². The Hall–Kier alpha value is -3.31. The van der Waals surface area contributed by atoms with Gasteiger partial charge >= 0.3 is 0 Å². The van der Waals surface area contributed by atoms with Crippen LogP contribution in [0.2, 0.25) is 0 Å². The van der Waals surface area contributed by atoms with Crippen LogP contribution in [0, 0.1) is 0 Å². The third-order valence-corrected chi connectivity index (χ3v) is 5.68. The Bertz CT molecular complexity index is 1190. The summed E-state index contributed by atoms with van der Waals surface area (Å²) < 4.78 is 18.7. The van der Waals surface area contributed by atoms with Gasteiger partial charge in [0.2, 0.25) is 12.7 Å². The molecule has 0 bridgehead atoms. The van der Waals surface area contributed by atoms with Gasteiger partial charge < -0.3 is 29.5 Å². The van der Waals surface area contributed by atoms with Gasteiger partial charge in [-0.15, -0.1) is 0 Å². The van der Waals surface area contributed by atoms with Crippen LogP contribution >= 0.6 is 11.8 Å². The zero-order chi connectivity index (χ0) is 20.5. The Morgan fingerprint density at radius 3 is 2.87 bits per heavy atom. The van der Waals surface area contributed by atoms with E-state index in [1.807, 2.05) is 16.7 Å². The van der Waals surface area contributed by atoms with Crippen molar-refractivity contribution in [1.82, 2.24) is 29.8 Å². The first-order valence-electron chi connectivity index (χ1n) is 9.43. The lowest BCUT2D eigenvalue weighted by molar-refractivity contribution is 0.174. The normalized spacial score (nSPS) is 12.7. The molecule has 30 heavy (non-hydrogen) atoms. The maximum atomic E-state index is 6.05. The van der Waals surface area contributed by atoms with Crippen molar-refractivity contribution in [2.45, 2.75) is 23.5 Å². The number of aromatic nitrogens is 5. The van der Waals surface area contributed by atoms with E-state index in [1.54, 1.807) is 6.20 Å². The van der Waals surface area contributed by atoms with Gasteiger partial charge in [-0.1, -0.05) is 18.7 Å². The van der Waals surface area contributed by atoms with Gasteiger partial charge in [0.25, 0.3) is 0 Å². The minimum atomic E-state index is 0.182. The molecule has 4 aromatic rings. The fourth-order valence-electron chi connectivity index (χ4n) is 3.21. The highest BCUT2D eigenvalue weighted by molar-refractivity contribution is 7.99. The Kier molecular flexibility index (Phi) is 4.89. The summed E-state index contributed by atoms with van der Waals surface area (Å²) >= 11 is 1.46. The first kappa shape index (κ1) is 18.7. The summed E-state index contributed by atoms with van der Waals surface area (Å²) in [6.07, 6.45) is 4.60. The maximum absolute atomic E-state index is 6.05. The molecule has 0 spiro atoms. The molecule has 0 unspecified atom stereocenters. The molecule has 0 fully saturated rings. The zero-order valence-corrected chi connectivity index (χ0v) is 17.0. The summed E-state index contributed by atoms with van der Waals surface area (Å²) in [5, 5.41) is 4.07. The van der Waals surface area contributed by atoms with E-state index in [0.29, 0.717) is 40.9 Å². The molecule has 154 valence electrons. The monoisotopic (exact) mass is 425 g/mol. The number of ether oxygens (including phenoxy) is 2. The van der Waals surface area contributed by atoms with E-state index in [9.17, 15) is 0 Å². The molecule has 5 rings (SSSR count). The summed E-state index contributed by atoms with van der Waals surface area (Å²) in [5.41, 5.74) is 8.12. The molecule has 10 nitrogen and oxygen atoms in total. The Balaban J connectivity index is 1.60. The summed E-state index contributed by atoms with van der Waals surface area (Å²) in [6.45, 7) is 4.58. The number of oxazole rings is 1. The van der Waals surface area contributed by atoms with Gasteiger partial charge in [-0.05, 0) is 18.7 Å². The smallest absolute Gasteiger partial charge is 0.231 e. The number of benzene rings is 1. The minimum absolute atomic E-state index is 0.182. The van der Waals surface area contributed by atoms with Crippen molar-refractivity contribution in [3.05, 3.63) is 30.9 Å². The third-order valence-electron chi connectivity index (χ3n) is 4.63. The second-order valence-corrected chi connectivity index (χ2v) is 7.48. The Morgan fingerprint density at radius 2 is 2.07 bits per heavy atom. The van der Waals surface area contributed by atoms with Crippen molar-refractivity contribution in [3.63, 3.8) is 0 Å². The van der Waals surface area contributed by atoms with Crippen LogP contribution in [0.15, 0.2) is 45.4 Å². The number of nitrogens with two attached hydrogens (primary N) is 1. The van der Waals surface area contributed by atoms with Crippen LogP contribution in [-0.2, 0) is 6.54 Å². The number of nitrogens with zero attached hydrogens (tertiary/aromatic N) is 5. The summed E-state index contributed by atoms with van der Waals surface area (Å²) in [5.74, 6) is 2.17. The predicted molar refractivity (Wildman–Crippen MR) is 110 cm³/mol. The molecule has 4 heterocycles. The summed E-state index contributed by atoms with van der Waals surface area (Å²) in [7, 11) is 0. The second-order valence-electron chi connectivity index (χ2n) is 6.47. The minimum Gasteiger partial charge on any atom is -0.454 e. The van der Waals surface area contributed by atoms with Gasteiger partial charge in [0.1, 0.15) is 12.6 Å². The van der Waals surface area contributed by atoms with Crippen LogP contribution < -0.4 is 20.5 Å². The average Bonchev–Trinajstić information content (AvgIpc) is 3.48. The summed E-state index contributed by atoms with van der Waals surface area (Å²) in [6, 6.07) is 3.78. The van der Waals surface area contributed by atoms with E-state index in [2.05, 4.69) is 27.2 Å². The van der Waals surface area contributed by atoms with Gasteiger partial charge in [-0.25, -0.2) is 19.9 Å². The highest BCUT2D eigenvalue weighted by Crippen LogP contribution is 2.44. The van der Waals surface area contributed by atoms with Crippen molar-refractivity contribution < 1.29 is 13.9 Å². The first-order chi connectivity index (χ1) is 14.7. The third kappa shape index (κ3) is 3.31. The lowest BCUT2D eigenvalue weighted by Gasteiger charge is -2.11. The van der Waals surface area contributed by atoms with Crippen molar-refractivity contribution in [3.8, 4) is 23.0 Å². The van der Waals surface area contributed by atoms with Crippen LogP contribution in [0.1, 0.15) is 6.92 Å². The zero-order valence-electron chi connectivity index (χ0n) is 16.2. The second kappa shape index (κ2) is 7.84. The van der Waals surface area contributed by atoms with Crippen LogP contribution in [0.25, 0.3) is 22.6 Å². The number of hydrogen-bond acceptors (Lipinski definition) is 10. The van der Waals surface area contributed by atoms with E-state index >= 15 is 0 Å². The highest BCUT2D eigenvalue weighted by Gasteiger charge is 2.23. The van der Waals surface area contributed by atoms with E-state index in [1.165, 1.54) is 24.4 Å². The standard InChI is InChI=1S/C19H19N7O3S/c1-2-21-3-5-26-17-15(16(20)23-9-24-17)25-19(26)30-14-8-13-12(28-10-29-13)7-11(14)18-22-4-6-27-18/h4,6-9,21H,2-3,5,10H2,1H3,(H2,20,23,24). The van der Waals surface area contributed by atoms with Gasteiger partial charge in [0, 0.05) is 18.0 Å². The lowest BCUT2D eigenvalue weighted by atomic mass is 10.2. The number of hydrogen-bond donors (Lipinski definition) is 2.